The van der Waals surface area contributed by atoms with Crippen molar-refractivity contribution in [3.8, 4) is 0 Å². The number of amides is 1. The molecule has 0 aromatic carbocycles. The van der Waals surface area contributed by atoms with Crippen LogP contribution in [0.3, 0.4) is 0 Å². The first-order valence-electron chi connectivity index (χ1n) is 8.82. The molecule has 0 aliphatic carbocycles. The number of carbonyl (C=O) groups is 1. The summed E-state index contributed by atoms with van der Waals surface area (Å²) in [6.45, 7) is 5.29. The molecule has 0 atom stereocenters. The number of anilines is 1. The van der Waals surface area contributed by atoms with Gasteiger partial charge in [-0.3, -0.25) is 9.20 Å². The topological polar surface area (TPSA) is 97.1 Å². The van der Waals surface area contributed by atoms with Crippen molar-refractivity contribution >= 4 is 17.4 Å². The van der Waals surface area contributed by atoms with Crippen molar-refractivity contribution in [1.82, 2.24) is 29.9 Å². The Labute approximate surface area is 151 Å². The van der Waals surface area contributed by atoms with E-state index in [9.17, 15) is 4.79 Å². The van der Waals surface area contributed by atoms with E-state index < -0.39 is 0 Å². The largest absolute Gasteiger partial charge is 0.362 e. The van der Waals surface area contributed by atoms with Gasteiger partial charge in [0.1, 0.15) is 17.3 Å². The van der Waals surface area contributed by atoms with E-state index in [1.54, 1.807) is 0 Å². The van der Waals surface area contributed by atoms with E-state index in [1.807, 2.05) is 28.8 Å². The second-order valence-corrected chi connectivity index (χ2v) is 6.82. The zero-order valence-electron chi connectivity index (χ0n) is 14.9. The molecule has 1 amide bonds. The smallest absolute Gasteiger partial charge is 0.270 e. The number of carbonyl (C=O) groups excluding carboxylic acids is 1. The van der Waals surface area contributed by atoms with Crippen LogP contribution in [0.4, 0.5) is 5.82 Å². The molecule has 8 heteroatoms. The Kier molecular flexibility index (Phi) is 4.24. The van der Waals surface area contributed by atoms with Crippen molar-refractivity contribution in [1.29, 1.82) is 0 Å². The minimum Gasteiger partial charge on any atom is -0.362 e. The molecule has 0 saturated carbocycles. The van der Waals surface area contributed by atoms with Crippen LogP contribution >= 0.6 is 0 Å². The first-order chi connectivity index (χ1) is 12.6. The summed E-state index contributed by atoms with van der Waals surface area (Å²) in [6, 6.07) is 5.78. The van der Waals surface area contributed by atoms with Crippen LogP contribution < -0.4 is 10.6 Å². The van der Waals surface area contributed by atoms with Gasteiger partial charge in [-0.2, -0.15) is 0 Å². The average Bonchev–Trinajstić information content (AvgIpc) is 3.03. The number of rotatable bonds is 5. The van der Waals surface area contributed by atoms with Crippen LogP contribution in [0.15, 0.2) is 24.4 Å². The molecular weight excluding hydrogens is 330 g/mol. The fourth-order valence-electron chi connectivity index (χ4n) is 3.12. The molecule has 0 fully saturated rings. The van der Waals surface area contributed by atoms with E-state index in [2.05, 4.69) is 44.6 Å². The van der Waals surface area contributed by atoms with Gasteiger partial charge in [-0.05, 0) is 24.5 Å². The number of aromatic nitrogens is 5. The number of fused-ring (bicyclic) bond motifs is 2. The first kappa shape index (κ1) is 16.4. The molecule has 0 radical (unpaired) electrons. The molecule has 1 aliphatic rings. The normalized spacial score (nSPS) is 13.7. The van der Waals surface area contributed by atoms with Crippen LogP contribution in [-0.2, 0) is 19.4 Å². The quantitative estimate of drug-likeness (QED) is 0.725. The van der Waals surface area contributed by atoms with Crippen LogP contribution in [0.2, 0.25) is 0 Å². The van der Waals surface area contributed by atoms with Crippen LogP contribution in [0.25, 0.3) is 5.65 Å². The van der Waals surface area contributed by atoms with E-state index in [4.69, 9.17) is 0 Å². The first-order valence-corrected chi connectivity index (χ1v) is 8.82. The standard InChI is InChI=1S/C18H21N7O/c1-11(2)9-13-21-16-12(6-7-19-18(16)26)17(22-13)20-10-15-24-23-14-5-3-4-8-25(14)15/h3-5,8,11H,6-7,9-10H2,1-2H3,(H,19,26)(H,20,21,22). The number of nitrogens with zero attached hydrogens (tertiary/aromatic N) is 5. The maximum Gasteiger partial charge on any atom is 0.270 e. The van der Waals surface area contributed by atoms with Gasteiger partial charge in [-0.25, -0.2) is 9.97 Å². The third-order valence-electron chi connectivity index (χ3n) is 4.32. The molecule has 0 spiro atoms. The van der Waals surface area contributed by atoms with Gasteiger partial charge in [0.25, 0.3) is 5.91 Å². The molecule has 3 aromatic rings. The van der Waals surface area contributed by atoms with Crippen molar-refractivity contribution in [3.63, 3.8) is 0 Å². The number of nitrogens with one attached hydrogen (secondary N) is 2. The van der Waals surface area contributed by atoms with Crippen LogP contribution in [0, 0.1) is 5.92 Å². The Hall–Kier alpha value is -3.03. The summed E-state index contributed by atoms with van der Waals surface area (Å²) in [5.74, 6) is 2.47. The molecule has 134 valence electrons. The van der Waals surface area contributed by atoms with Gasteiger partial charge in [0.05, 0.1) is 6.54 Å². The van der Waals surface area contributed by atoms with Crippen molar-refractivity contribution in [2.24, 2.45) is 5.92 Å². The predicted octanol–water partition coefficient (Wildman–Crippen LogP) is 1.62. The van der Waals surface area contributed by atoms with Gasteiger partial charge in [0.2, 0.25) is 0 Å². The van der Waals surface area contributed by atoms with Gasteiger partial charge >= 0.3 is 0 Å². The SMILES string of the molecule is CC(C)Cc1nc(NCc2nnc3ccccn23)c2c(n1)C(=O)NCC2. The number of hydrogen-bond acceptors (Lipinski definition) is 6. The Morgan fingerprint density at radius 3 is 3.00 bits per heavy atom. The molecule has 26 heavy (non-hydrogen) atoms. The lowest BCUT2D eigenvalue weighted by Crippen LogP contribution is -2.34. The average molecular weight is 351 g/mol. The van der Waals surface area contributed by atoms with E-state index >= 15 is 0 Å². The van der Waals surface area contributed by atoms with Gasteiger partial charge in [-0.15, -0.1) is 10.2 Å². The molecule has 1 aliphatic heterocycles. The molecule has 4 heterocycles. The Bertz CT molecular complexity index is 963. The highest BCUT2D eigenvalue weighted by Gasteiger charge is 2.24. The summed E-state index contributed by atoms with van der Waals surface area (Å²) in [7, 11) is 0. The number of hydrogen-bond donors (Lipinski definition) is 2. The summed E-state index contributed by atoms with van der Waals surface area (Å²) in [6.07, 6.45) is 3.37. The van der Waals surface area contributed by atoms with Crippen molar-refractivity contribution in [2.75, 3.05) is 11.9 Å². The predicted molar refractivity (Wildman–Crippen MR) is 96.9 cm³/mol. The Morgan fingerprint density at radius 1 is 1.27 bits per heavy atom. The maximum absolute atomic E-state index is 12.2. The second-order valence-electron chi connectivity index (χ2n) is 6.82. The van der Waals surface area contributed by atoms with Gasteiger partial charge in [0, 0.05) is 24.7 Å². The summed E-state index contributed by atoms with van der Waals surface area (Å²) >= 11 is 0. The highest BCUT2D eigenvalue weighted by molar-refractivity contribution is 5.96. The monoisotopic (exact) mass is 351 g/mol. The highest BCUT2D eigenvalue weighted by atomic mass is 16.1. The van der Waals surface area contributed by atoms with E-state index in [0.29, 0.717) is 42.8 Å². The summed E-state index contributed by atoms with van der Waals surface area (Å²) in [5.41, 5.74) is 2.15. The summed E-state index contributed by atoms with van der Waals surface area (Å²) < 4.78 is 1.93. The number of pyridine rings is 1. The Morgan fingerprint density at radius 2 is 2.15 bits per heavy atom. The van der Waals surface area contributed by atoms with Crippen molar-refractivity contribution < 1.29 is 4.79 Å². The summed E-state index contributed by atoms with van der Waals surface area (Å²) in [5, 5.41) is 14.6. The Balaban J connectivity index is 1.66. The summed E-state index contributed by atoms with van der Waals surface area (Å²) in [4.78, 5) is 21.4. The van der Waals surface area contributed by atoms with Crippen LogP contribution in [0.5, 0.6) is 0 Å². The molecule has 0 bridgehead atoms. The van der Waals surface area contributed by atoms with E-state index in [-0.39, 0.29) is 5.91 Å². The lowest BCUT2D eigenvalue weighted by atomic mass is 10.0. The zero-order chi connectivity index (χ0) is 18.1. The lowest BCUT2D eigenvalue weighted by Gasteiger charge is -2.20. The molecule has 8 nitrogen and oxygen atoms in total. The van der Waals surface area contributed by atoms with E-state index in [0.717, 1.165) is 23.5 Å². The molecular formula is C18H21N7O. The minimum atomic E-state index is -0.130. The van der Waals surface area contributed by atoms with Crippen molar-refractivity contribution in [2.45, 2.75) is 33.2 Å². The molecule has 0 saturated heterocycles. The minimum absolute atomic E-state index is 0.130. The fraction of sp³-hybridized carbons (Fsp3) is 0.389. The lowest BCUT2D eigenvalue weighted by molar-refractivity contribution is 0.0940. The van der Waals surface area contributed by atoms with Gasteiger partial charge in [0.15, 0.2) is 11.5 Å². The van der Waals surface area contributed by atoms with Crippen molar-refractivity contribution in [3.05, 3.63) is 47.3 Å². The fourth-order valence-corrected chi connectivity index (χ4v) is 3.12. The van der Waals surface area contributed by atoms with Gasteiger partial charge in [-0.1, -0.05) is 19.9 Å². The molecule has 0 unspecified atom stereocenters. The van der Waals surface area contributed by atoms with E-state index in [1.165, 1.54) is 0 Å². The third-order valence-corrected chi connectivity index (χ3v) is 4.32. The van der Waals surface area contributed by atoms with Crippen LogP contribution in [-0.4, -0.2) is 37.0 Å². The zero-order valence-corrected chi connectivity index (χ0v) is 14.9. The maximum atomic E-state index is 12.2. The molecule has 4 rings (SSSR count). The van der Waals surface area contributed by atoms with Crippen LogP contribution in [0.1, 0.15) is 41.5 Å². The second kappa shape index (κ2) is 6.70. The third kappa shape index (κ3) is 3.10. The highest BCUT2D eigenvalue weighted by Crippen LogP contribution is 2.22. The molecule has 3 aromatic heterocycles. The molecule has 2 N–H and O–H groups in total. The van der Waals surface area contributed by atoms with Gasteiger partial charge < -0.3 is 10.6 Å².